The Kier molecular flexibility index (Phi) is 19.6. The summed E-state index contributed by atoms with van der Waals surface area (Å²) in [5, 5.41) is 12.3. The molecule has 0 fully saturated rings. The number of fused-ring (bicyclic) bond motifs is 18. The minimum atomic E-state index is -0.143. The summed E-state index contributed by atoms with van der Waals surface area (Å²) in [4.78, 5) is 7.40. The summed E-state index contributed by atoms with van der Waals surface area (Å²) >= 11 is 0. The highest BCUT2D eigenvalue weighted by molar-refractivity contribution is 6.22. The Bertz CT molecular complexity index is 8500. The highest BCUT2D eigenvalue weighted by Crippen LogP contribution is 2.57. The van der Waals surface area contributed by atoms with Crippen molar-refractivity contribution in [3.63, 3.8) is 0 Å². The van der Waals surface area contributed by atoms with Crippen molar-refractivity contribution in [3.8, 4) is 94.7 Å². The molecular formula is C133H98N4. The second-order valence-corrected chi connectivity index (χ2v) is 38.6. The lowest BCUT2D eigenvalue weighted by Gasteiger charge is -2.31. The quantitative estimate of drug-likeness (QED) is 0.0951. The zero-order valence-corrected chi connectivity index (χ0v) is 77.5. The average molecular weight is 1750 g/mol. The SMILES string of the molecule is CC1(C)c2ccccc2-c2ccc(N(c3ccc(-c4ccccc4)cc3)c3ccc(-c4ccc(N(c5ccc(-c6ccccc6)cc5)c5ccc(-c6ccccc6)cc5)c5c4ccc4ccccc45)cc3)cc21.CC1(C)c2ccccc2-c2ccc(N(c3ccc4c(c3)C(C)(C)c3ccccc3-4)c3ccc(-c4ccc5c(c4)c4ccccc4n5-c4ccccc4)c4ccc5ccccc5c34)cc21. The van der Waals surface area contributed by atoms with E-state index >= 15 is 0 Å². The topological polar surface area (TPSA) is 14.7 Å². The lowest BCUT2D eigenvalue weighted by atomic mass is 9.82. The maximum Gasteiger partial charge on any atom is 0.0546 e. The van der Waals surface area contributed by atoms with Crippen molar-refractivity contribution in [2.75, 3.05) is 14.7 Å². The molecule has 0 bridgehead atoms. The third-order valence-electron chi connectivity index (χ3n) is 29.9. The van der Waals surface area contributed by atoms with Gasteiger partial charge in [0, 0.05) is 83.3 Å². The second kappa shape index (κ2) is 32.8. The van der Waals surface area contributed by atoms with Crippen LogP contribution in [0.2, 0.25) is 0 Å². The Labute approximate surface area is 800 Å². The van der Waals surface area contributed by atoms with Crippen LogP contribution in [-0.2, 0) is 16.2 Å². The van der Waals surface area contributed by atoms with Crippen molar-refractivity contribution in [1.29, 1.82) is 0 Å². The molecule has 650 valence electrons. The van der Waals surface area contributed by atoms with Crippen LogP contribution >= 0.6 is 0 Å². The highest BCUT2D eigenvalue weighted by atomic mass is 15.2. The first-order valence-corrected chi connectivity index (χ1v) is 47.9. The lowest BCUT2D eigenvalue weighted by Crippen LogP contribution is -2.18. The molecule has 0 atom stereocenters. The number of nitrogens with zero attached hydrogens (tertiary/aromatic N) is 4. The molecule has 23 aromatic rings. The zero-order chi connectivity index (χ0) is 91.8. The van der Waals surface area contributed by atoms with Gasteiger partial charge in [0.05, 0.1) is 22.4 Å². The van der Waals surface area contributed by atoms with Gasteiger partial charge in [-0.25, -0.2) is 0 Å². The van der Waals surface area contributed by atoms with Gasteiger partial charge in [0.2, 0.25) is 0 Å². The van der Waals surface area contributed by atoms with Crippen molar-refractivity contribution < 1.29 is 0 Å². The Morgan fingerprint density at radius 1 is 0.168 bits per heavy atom. The molecule has 0 unspecified atom stereocenters. The van der Waals surface area contributed by atoms with Crippen molar-refractivity contribution >= 4 is 116 Å². The smallest absolute Gasteiger partial charge is 0.0546 e. The van der Waals surface area contributed by atoms with Gasteiger partial charge in [-0.05, 0) is 282 Å². The first kappa shape index (κ1) is 82.0. The zero-order valence-electron chi connectivity index (χ0n) is 77.5. The summed E-state index contributed by atoms with van der Waals surface area (Å²) in [5.74, 6) is 0. The molecular weight excluding hydrogens is 1650 g/mol. The van der Waals surface area contributed by atoms with Gasteiger partial charge in [-0.2, -0.15) is 0 Å². The molecule has 3 aliphatic rings. The van der Waals surface area contributed by atoms with Crippen LogP contribution in [0.15, 0.2) is 485 Å². The third-order valence-corrected chi connectivity index (χ3v) is 29.9. The molecule has 3 aliphatic carbocycles. The molecule has 0 radical (unpaired) electrons. The summed E-state index contributed by atoms with van der Waals surface area (Å²) in [6.45, 7) is 14.2. The molecule has 0 saturated carbocycles. The minimum Gasteiger partial charge on any atom is -0.310 e. The number of hydrogen-bond acceptors (Lipinski definition) is 3. The Hall–Kier alpha value is -16.9. The van der Waals surface area contributed by atoms with Crippen molar-refractivity contribution in [1.82, 2.24) is 4.57 Å². The first-order valence-electron chi connectivity index (χ1n) is 47.9. The van der Waals surface area contributed by atoms with E-state index in [0.29, 0.717) is 0 Å². The van der Waals surface area contributed by atoms with Gasteiger partial charge in [0.15, 0.2) is 0 Å². The molecule has 0 spiro atoms. The first-order chi connectivity index (χ1) is 67.2. The van der Waals surface area contributed by atoms with Gasteiger partial charge < -0.3 is 19.3 Å². The molecule has 4 nitrogen and oxygen atoms in total. The average Bonchev–Trinajstić information content (AvgIpc) is 1.55. The summed E-state index contributed by atoms with van der Waals surface area (Å²) in [6.07, 6.45) is 0. The van der Waals surface area contributed by atoms with E-state index in [9.17, 15) is 0 Å². The number of aromatic nitrogens is 1. The number of anilines is 9. The standard InChI is InChI=1S/C71H52N2.C62H46N2/c1-71(2)67-25-15-14-24-64(67)65-45-43-61(48-68(65)71)72(57-35-26-52(27-36-57)49-16-6-3-7-17-49)58-41-32-56(33-42-58)62-46-47-69(70-63-23-13-12-22-55(63)34-44-66(62)70)73(59-37-28-53(29-38-59)50-18-8-4-9-19-50)60-39-30-54(31-40-60)51-20-10-5-11-21-51;1-61(2)53-23-13-10-20-46(53)48-31-28-42(37-55(48)61)63(43-29-32-49-47-21-11-14-24-54(47)62(3,4)56(49)38-43)59-35-33-44(51-30-26-39-16-8-9-19-45(39)60(51)59)40-27-34-58-52(36-40)50-22-12-15-25-57(50)64(58)41-17-6-5-7-18-41/h3-48H,1-2H3;5-38H,1-4H3. The molecule has 1 aromatic heterocycles. The van der Waals surface area contributed by atoms with Crippen LogP contribution in [0.1, 0.15) is 74.9 Å². The Morgan fingerprint density at radius 3 is 0.883 bits per heavy atom. The van der Waals surface area contributed by atoms with Gasteiger partial charge >= 0.3 is 0 Å². The van der Waals surface area contributed by atoms with Crippen LogP contribution in [0.5, 0.6) is 0 Å². The van der Waals surface area contributed by atoms with Crippen molar-refractivity contribution in [3.05, 3.63) is 519 Å². The fourth-order valence-corrected chi connectivity index (χ4v) is 23.0. The Balaban J connectivity index is 0.000000147. The monoisotopic (exact) mass is 1750 g/mol. The number of para-hydroxylation sites is 2. The molecule has 137 heavy (non-hydrogen) atoms. The molecule has 0 saturated heterocycles. The Morgan fingerprint density at radius 2 is 0.460 bits per heavy atom. The molecule has 1 heterocycles. The largest absolute Gasteiger partial charge is 0.310 e. The lowest BCUT2D eigenvalue weighted by molar-refractivity contribution is 0.660. The number of benzene rings is 22. The predicted octanol–water partition coefficient (Wildman–Crippen LogP) is 36.7. The van der Waals surface area contributed by atoms with Gasteiger partial charge in [-0.1, -0.05) is 399 Å². The van der Waals surface area contributed by atoms with Gasteiger partial charge in [-0.15, -0.1) is 0 Å². The highest BCUT2D eigenvalue weighted by Gasteiger charge is 2.40. The summed E-state index contributed by atoms with van der Waals surface area (Å²) in [5.41, 5.74) is 41.4. The van der Waals surface area contributed by atoms with E-state index in [0.717, 1.165) is 51.1 Å². The fourth-order valence-electron chi connectivity index (χ4n) is 23.0. The van der Waals surface area contributed by atoms with E-state index in [-0.39, 0.29) is 16.2 Å². The van der Waals surface area contributed by atoms with Crippen LogP contribution in [0.25, 0.3) is 160 Å². The molecule has 0 amide bonds. The second-order valence-electron chi connectivity index (χ2n) is 38.6. The fraction of sp³-hybridized carbons (Fsp3) is 0.0677. The van der Waals surface area contributed by atoms with Crippen LogP contribution < -0.4 is 14.7 Å². The summed E-state index contributed by atoms with van der Waals surface area (Å²) in [7, 11) is 0. The molecule has 0 aliphatic heterocycles. The van der Waals surface area contributed by atoms with Crippen LogP contribution in [0, 0.1) is 0 Å². The molecule has 0 N–H and O–H groups in total. The van der Waals surface area contributed by atoms with Crippen LogP contribution in [-0.4, -0.2) is 4.57 Å². The number of hydrogen-bond donors (Lipinski definition) is 0. The van der Waals surface area contributed by atoms with E-state index < -0.39 is 0 Å². The maximum atomic E-state index is 2.55. The van der Waals surface area contributed by atoms with Gasteiger partial charge in [-0.3, -0.25) is 0 Å². The van der Waals surface area contributed by atoms with E-state index in [1.54, 1.807) is 0 Å². The summed E-state index contributed by atoms with van der Waals surface area (Å²) < 4.78 is 2.40. The van der Waals surface area contributed by atoms with Gasteiger partial charge in [0.25, 0.3) is 0 Å². The number of rotatable bonds is 15. The van der Waals surface area contributed by atoms with Crippen LogP contribution in [0.3, 0.4) is 0 Å². The van der Waals surface area contributed by atoms with Crippen LogP contribution in [0.4, 0.5) is 51.2 Å². The van der Waals surface area contributed by atoms with E-state index in [4.69, 9.17) is 0 Å². The third kappa shape index (κ3) is 13.7. The van der Waals surface area contributed by atoms with E-state index in [1.807, 2.05) is 0 Å². The van der Waals surface area contributed by atoms with E-state index in [2.05, 4.69) is 546 Å². The van der Waals surface area contributed by atoms with Gasteiger partial charge in [0.1, 0.15) is 0 Å². The summed E-state index contributed by atoms with van der Waals surface area (Å²) in [6, 6.07) is 179. The van der Waals surface area contributed by atoms with E-state index in [1.165, 1.54) is 193 Å². The minimum absolute atomic E-state index is 0.126. The molecule has 4 heteroatoms. The molecule has 22 aromatic carbocycles. The van der Waals surface area contributed by atoms with Crippen molar-refractivity contribution in [2.24, 2.45) is 0 Å². The normalized spacial score (nSPS) is 13.2. The van der Waals surface area contributed by atoms with Crippen molar-refractivity contribution in [2.45, 2.75) is 57.8 Å². The maximum absolute atomic E-state index is 2.55. The predicted molar refractivity (Wildman–Crippen MR) is 581 cm³/mol. The molecule has 26 rings (SSSR count).